The van der Waals surface area contributed by atoms with Gasteiger partial charge in [-0.25, -0.2) is 0 Å². The normalized spacial score (nSPS) is 17.5. The Morgan fingerprint density at radius 3 is 1.25 bits per heavy atom. The molecule has 0 N–H and O–H groups in total. The summed E-state index contributed by atoms with van der Waals surface area (Å²) >= 11 is -3.03. The van der Waals surface area contributed by atoms with E-state index in [1.165, 1.54) is 55.6 Å². The summed E-state index contributed by atoms with van der Waals surface area (Å²) in [6.07, 6.45) is 5.38. The Labute approximate surface area is 371 Å². The van der Waals surface area contributed by atoms with Crippen LogP contribution < -0.4 is 13.6 Å². The number of fused-ring (bicyclic) bond motifs is 5. The van der Waals surface area contributed by atoms with Gasteiger partial charge in [-0.05, 0) is 0 Å². The maximum atomic E-state index is 2.69. The summed E-state index contributed by atoms with van der Waals surface area (Å²) in [5.41, 5.74) is 20.8. The number of rotatable bonds is 5. The molecule has 6 aromatic rings. The Kier molecular flexibility index (Phi) is 10.2. The van der Waals surface area contributed by atoms with E-state index in [-0.39, 0.29) is 21.7 Å². The quantitative estimate of drug-likeness (QED) is 0.151. The van der Waals surface area contributed by atoms with Gasteiger partial charge in [-0.15, -0.1) is 0 Å². The van der Waals surface area contributed by atoms with Crippen molar-refractivity contribution in [3.8, 4) is 33.4 Å². The Morgan fingerprint density at radius 1 is 0.383 bits per heavy atom. The fraction of sp³-hybridized carbons (Fsp3) is 0.310. The molecule has 0 radical (unpaired) electrons. The molecule has 0 fully saturated rings. The number of benzene rings is 6. The molecule has 0 saturated carbocycles. The summed E-state index contributed by atoms with van der Waals surface area (Å²) in [6, 6.07) is 50.0. The van der Waals surface area contributed by atoms with Crippen LogP contribution in [-0.4, -0.2) is 9.52 Å². The molecule has 2 heteroatoms. The van der Waals surface area contributed by atoms with E-state index in [1.807, 2.05) is 0 Å². The third-order valence-corrected chi connectivity index (χ3v) is 25.5. The molecule has 6 aromatic carbocycles. The van der Waals surface area contributed by atoms with E-state index in [9.17, 15) is 0 Å². The van der Waals surface area contributed by atoms with Crippen LogP contribution in [0.15, 0.2) is 139 Å². The van der Waals surface area contributed by atoms with Gasteiger partial charge in [-0.2, -0.15) is 0 Å². The molecule has 2 atom stereocenters. The molecule has 2 unspecified atom stereocenters. The summed E-state index contributed by atoms with van der Waals surface area (Å²) in [7, 11) is -0.670. The second-order valence-electron chi connectivity index (χ2n) is 21.9. The van der Waals surface area contributed by atoms with Crippen molar-refractivity contribution in [1.29, 1.82) is 0 Å². The molecule has 0 nitrogen and oxygen atoms in total. The molecular formula is C58H63SiZr. The average Bonchev–Trinajstić information content (AvgIpc) is 3.90. The molecule has 0 aromatic heterocycles. The topological polar surface area (TPSA) is 0 Å². The van der Waals surface area contributed by atoms with Crippen LogP contribution in [0.5, 0.6) is 0 Å². The summed E-state index contributed by atoms with van der Waals surface area (Å²) < 4.78 is 2.54. The van der Waals surface area contributed by atoms with Gasteiger partial charge in [0.05, 0.1) is 0 Å². The second-order valence-corrected chi connectivity index (χ2v) is 30.1. The van der Waals surface area contributed by atoms with Gasteiger partial charge in [0.25, 0.3) is 0 Å². The number of hydrogen-bond donors (Lipinski definition) is 0. The van der Waals surface area contributed by atoms with E-state index in [2.05, 4.69) is 223 Å². The first-order valence-electron chi connectivity index (χ1n) is 22.3. The SMILES string of the molecule is CC(C)(C)C1=Cc2c(-c3ccccc3C(C)(C)C)cccc2[CH]1[Zr]([c]1cccc2c1[SiH2]c1ccccc1-2)[CH]1C(C(C)(C)C)=Cc2c(-c3ccccc3C(C)(C)C)cccc21. The van der Waals surface area contributed by atoms with Gasteiger partial charge in [0, 0.05) is 0 Å². The monoisotopic (exact) mass is 877 g/mol. The van der Waals surface area contributed by atoms with Crippen molar-refractivity contribution < 1.29 is 21.8 Å². The fourth-order valence-electron chi connectivity index (χ4n) is 10.9. The van der Waals surface area contributed by atoms with E-state index in [0.717, 1.165) is 0 Å². The van der Waals surface area contributed by atoms with Crippen molar-refractivity contribution in [2.45, 2.75) is 101 Å². The van der Waals surface area contributed by atoms with Crippen molar-refractivity contribution in [3.63, 3.8) is 0 Å². The number of hydrogen-bond acceptors (Lipinski definition) is 0. The minimum absolute atomic E-state index is 0.00476. The Balaban J connectivity index is 1.35. The molecule has 0 saturated heterocycles. The Bertz CT molecular complexity index is 2590. The van der Waals surface area contributed by atoms with E-state index in [4.69, 9.17) is 0 Å². The minimum atomic E-state index is -3.03. The van der Waals surface area contributed by atoms with Crippen molar-refractivity contribution in [2.75, 3.05) is 0 Å². The zero-order valence-corrected chi connectivity index (χ0v) is 42.0. The predicted octanol–water partition coefficient (Wildman–Crippen LogP) is 13.3. The summed E-state index contributed by atoms with van der Waals surface area (Å²) in [4.78, 5) is 0. The van der Waals surface area contributed by atoms with Gasteiger partial charge in [-0.1, -0.05) is 0 Å². The maximum absolute atomic E-state index is 3.03. The molecule has 60 heavy (non-hydrogen) atoms. The molecule has 0 bridgehead atoms. The van der Waals surface area contributed by atoms with Gasteiger partial charge < -0.3 is 0 Å². The van der Waals surface area contributed by atoms with Crippen LogP contribution >= 0.6 is 0 Å². The fourth-order valence-corrected chi connectivity index (χ4v) is 26.0. The summed E-state index contributed by atoms with van der Waals surface area (Å²) in [5, 5.41) is 3.35. The molecule has 1 aliphatic heterocycles. The zero-order chi connectivity index (χ0) is 42.5. The first-order chi connectivity index (χ1) is 28.3. The van der Waals surface area contributed by atoms with E-state index in [0.29, 0.717) is 7.25 Å². The molecule has 303 valence electrons. The van der Waals surface area contributed by atoms with Gasteiger partial charge >= 0.3 is 374 Å². The van der Waals surface area contributed by atoms with E-state index in [1.54, 1.807) is 35.9 Å². The van der Waals surface area contributed by atoms with Crippen molar-refractivity contribution in [3.05, 3.63) is 172 Å². The van der Waals surface area contributed by atoms with Gasteiger partial charge in [0.1, 0.15) is 0 Å². The Morgan fingerprint density at radius 2 is 0.783 bits per heavy atom. The molecule has 1 heterocycles. The third kappa shape index (κ3) is 6.99. The zero-order valence-electron chi connectivity index (χ0n) is 38.1. The summed E-state index contributed by atoms with van der Waals surface area (Å²) in [5.74, 6) is 0. The summed E-state index contributed by atoms with van der Waals surface area (Å²) in [6.45, 7) is 29.1. The standard InChI is InChI=1S/2C23H27.C12H9Si.Zr/c2*1-22(2,3)17-14-16-10-9-12-18(20(16)15-17)19-11-7-8-13-21(19)23(4,5)6;1-3-7-11-9(5-1)10-6-2-4-8-12(10)13-11;/h2*7-15H,1-6H3;1-7H,13H2;. The van der Waals surface area contributed by atoms with E-state index < -0.39 is 31.3 Å². The average molecular weight is 879 g/mol. The molecule has 0 amide bonds. The van der Waals surface area contributed by atoms with Crippen LogP contribution in [-0.2, 0) is 32.6 Å². The van der Waals surface area contributed by atoms with Crippen LogP contribution in [0.3, 0.4) is 0 Å². The van der Waals surface area contributed by atoms with Crippen LogP contribution in [0, 0.1) is 10.8 Å². The van der Waals surface area contributed by atoms with Crippen molar-refractivity contribution >= 4 is 35.3 Å². The van der Waals surface area contributed by atoms with Crippen LogP contribution in [0.1, 0.15) is 124 Å². The molecule has 0 spiro atoms. The van der Waals surface area contributed by atoms with Crippen LogP contribution in [0.2, 0.25) is 0 Å². The van der Waals surface area contributed by atoms with Crippen LogP contribution in [0.25, 0.3) is 45.5 Å². The molecule has 2 aliphatic carbocycles. The molecular weight excluding hydrogens is 816 g/mol. The first-order valence-corrected chi connectivity index (χ1v) is 27.8. The van der Waals surface area contributed by atoms with Gasteiger partial charge in [0.2, 0.25) is 0 Å². The second kappa shape index (κ2) is 14.8. The van der Waals surface area contributed by atoms with Crippen LogP contribution in [0.4, 0.5) is 0 Å². The first kappa shape index (κ1) is 41.3. The molecule has 9 rings (SSSR count). The van der Waals surface area contributed by atoms with Crippen molar-refractivity contribution in [2.24, 2.45) is 10.8 Å². The van der Waals surface area contributed by atoms with Gasteiger partial charge in [0.15, 0.2) is 0 Å². The molecule has 3 aliphatic rings. The predicted molar refractivity (Wildman–Crippen MR) is 261 cm³/mol. The van der Waals surface area contributed by atoms with Crippen molar-refractivity contribution in [1.82, 2.24) is 0 Å². The third-order valence-electron chi connectivity index (χ3n) is 13.7. The number of allylic oxidation sites excluding steroid dienone is 2. The van der Waals surface area contributed by atoms with E-state index >= 15 is 0 Å². The van der Waals surface area contributed by atoms with Gasteiger partial charge in [-0.3, -0.25) is 0 Å². The Hall–Kier alpha value is -4.10.